The van der Waals surface area contributed by atoms with E-state index in [1.807, 2.05) is 14.0 Å². The normalized spacial score (nSPS) is 10.6. The monoisotopic (exact) mass is 246 g/mol. The lowest BCUT2D eigenvalue weighted by atomic mass is 10.2. The highest BCUT2D eigenvalue weighted by Crippen LogP contribution is 2.19. The summed E-state index contributed by atoms with van der Waals surface area (Å²) in [5.41, 5.74) is 2.82. The summed E-state index contributed by atoms with van der Waals surface area (Å²) in [4.78, 5) is 10.3. The zero-order valence-corrected chi connectivity index (χ0v) is 10.3. The summed E-state index contributed by atoms with van der Waals surface area (Å²) in [5.74, 6) is 0. The molecule has 0 saturated carbocycles. The molecule has 0 atom stereocenters. The topological polar surface area (TPSA) is 73.0 Å². The SMILES string of the molecule is CNCc1cnn(-c2cccc([N+](=O)[O-])c2)c1C. The summed E-state index contributed by atoms with van der Waals surface area (Å²) in [5, 5.41) is 18.1. The Hall–Kier alpha value is -2.21. The van der Waals surface area contributed by atoms with Gasteiger partial charge >= 0.3 is 0 Å². The summed E-state index contributed by atoms with van der Waals surface area (Å²) < 4.78 is 1.71. The van der Waals surface area contributed by atoms with Gasteiger partial charge in [0.2, 0.25) is 0 Å². The third-order valence-electron chi connectivity index (χ3n) is 2.76. The molecular formula is C12H14N4O2. The molecule has 2 aromatic rings. The Morgan fingerprint density at radius 1 is 1.50 bits per heavy atom. The van der Waals surface area contributed by atoms with Crippen molar-refractivity contribution in [3.63, 3.8) is 0 Å². The van der Waals surface area contributed by atoms with Crippen molar-refractivity contribution in [2.75, 3.05) is 7.05 Å². The minimum Gasteiger partial charge on any atom is -0.316 e. The van der Waals surface area contributed by atoms with Gasteiger partial charge in [-0.25, -0.2) is 4.68 Å². The highest BCUT2D eigenvalue weighted by molar-refractivity contribution is 5.44. The predicted octanol–water partition coefficient (Wildman–Crippen LogP) is 1.81. The summed E-state index contributed by atoms with van der Waals surface area (Å²) >= 11 is 0. The van der Waals surface area contributed by atoms with Crippen LogP contribution < -0.4 is 5.32 Å². The number of nitrogens with one attached hydrogen (secondary N) is 1. The first-order chi connectivity index (χ1) is 8.63. The van der Waals surface area contributed by atoms with Crippen molar-refractivity contribution in [2.45, 2.75) is 13.5 Å². The van der Waals surface area contributed by atoms with Gasteiger partial charge in [-0.2, -0.15) is 5.10 Å². The van der Waals surface area contributed by atoms with Crippen LogP contribution in [-0.2, 0) is 6.54 Å². The van der Waals surface area contributed by atoms with Gasteiger partial charge in [0.1, 0.15) is 0 Å². The minimum atomic E-state index is -0.406. The van der Waals surface area contributed by atoms with Gasteiger partial charge in [0.05, 0.1) is 16.8 Å². The molecule has 0 unspecified atom stereocenters. The van der Waals surface area contributed by atoms with Crippen LogP contribution in [0.4, 0.5) is 5.69 Å². The van der Waals surface area contributed by atoms with Gasteiger partial charge in [0.15, 0.2) is 0 Å². The second kappa shape index (κ2) is 4.97. The maximum absolute atomic E-state index is 10.7. The second-order valence-electron chi connectivity index (χ2n) is 3.97. The van der Waals surface area contributed by atoms with E-state index in [-0.39, 0.29) is 5.69 Å². The van der Waals surface area contributed by atoms with Crippen molar-refractivity contribution in [2.24, 2.45) is 0 Å². The van der Waals surface area contributed by atoms with E-state index in [1.165, 1.54) is 12.1 Å². The summed E-state index contributed by atoms with van der Waals surface area (Å²) in [6.07, 6.45) is 1.77. The van der Waals surface area contributed by atoms with Gasteiger partial charge in [-0.15, -0.1) is 0 Å². The first-order valence-electron chi connectivity index (χ1n) is 5.56. The van der Waals surface area contributed by atoms with E-state index in [0.29, 0.717) is 5.69 Å². The van der Waals surface area contributed by atoms with E-state index in [4.69, 9.17) is 0 Å². The Balaban J connectivity index is 2.42. The number of hydrogen-bond acceptors (Lipinski definition) is 4. The molecule has 0 fully saturated rings. The van der Waals surface area contributed by atoms with Crippen LogP contribution in [0.3, 0.4) is 0 Å². The van der Waals surface area contributed by atoms with Crippen LogP contribution in [0.1, 0.15) is 11.3 Å². The van der Waals surface area contributed by atoms with Crippen LogP contribution >= 0.6 is 0 Å². The van der Waals surface area contributed by atoms with E-state index >= 15 is 0 Å². The van der Waals surface area contributed by atoms with Crippen LogP contribution in [0.5, 0.6) is 0 Å². The number of hydrogen-bond donors (Lipinski definition) is 1. The molecule has 2 rings (SSSR count). The van der Waals surface area contributed by atoms with Crippen LogP contribution in [0.15, 0.2) is 30.5 Å². The van der Waals surface area contributed by atoms with E-state index in [2.05, 4.69) is 10.4 Å². The van der Waals surface area contributed by atoms with Crippen molar-refractivity contribution in [1.29, 1.82) is 0 Å². The quantitative estimate of drug-likeness (QED) is 0.659. The molecule has 0 aliphatic heterocycles. The van der Waals surface area contributed by atoms with Crippen molar-refractivity contribution < 1.29 is 4.92 Å². The molecule has 0 aliphatic rings. The number of benzene rings is 1. The molecule has 0 bridgehead atoms. The Morgan fingerprint density at radius 3 is 2.94 bits per heavy atom. The van der Waals surface area contributed by atoms with Gasteiger partial charge in [-0.3, -0.25) is 10.1 Å². The number of nitrogens with zero attached hydrogens (tertiary/aromatic N) is 3. The molecule has 0 spiro atoms. The third kappa shape index (κ3) is 2.23. The molecule has 6 heteroatoms. The van der Waals surface area contributed by atoms with Gasteiger partial charge in [-0.1, -0.05) is 6.07 Å². The Morgan fingerprint density at radius 2 is 2.28 bits per heavy atom. The van der Waals surface area contributed by atoms with Crippen molar-refractivity contribution in [3.05, 3.63) is 51.8 Å². The van der Waals surface area contributed by atoms with E-state index < -0.39 is 4.92 Å². The van der Waals surface area contributed by atoms with Crippen molar-refractivity contribution in [3.8, 4) is 5.69 Å². The molecule has 0 amide bonds. The summed E-state index contributed by atoms with van der Waals surface area (Å²) in [6, 6.07) is 6.45. The Kier molecular flexibility index (Phi) is 3.38. The van der Waals surface area contributed by atoms with Gasteiger partial charge in [-0.05, 0) is 20.0 Å². The number of nitro groups is 1. The Labute approximate surface area is 104 Å². The predicted molar refractivity (Wildman–Crippen MR) is 67.7 cm³/mol. The van der Waals surface area contributed by atoms with Gasteiger partial charge < -0.3 is 5.32 Å². The summed E-state index contributed by atoms with van der Waals surface area (Å²) in [6.45, 7) is 2.67. The number of aromatic nitrogens is 2. The summed E-state index contributed by atoms with van der Waals surface area (Å²) in [7, 11) is 1.87. The van der Waals surface area contributed by atoms with Crippen LogP contribution in [-0.4, -0.2) is 21.8 Å². The number of non-ortho nitro benzene ring substituents is 1. The van der Waals surface area contributed by atoms with Gasteiger partial charge in [0, 0.05) is 29.9 Å². The molecule has 6 nitrogen and oxygen atoms in total. The van der Waals surface area contributed by atoms with Crippen LogP contribution in [0, 0.1) is 17.0 Å². The molecule has 1 heterocycles. The fourth-order valence-electron chi connectivity index (χ4n) is 1.81. The highest BCUT2D eigenvalue weighted by atomic mass is 16.6. The molecule has 0 radical (unpaired) electrons. The van der Waals surface area contributed by atoms with Crippen molar-refractivity contribution in [1.82, 2.24) is 15.1 Å². The maximum atomic E-state index is 10.7. The first kappa shape index (κ1) is 12.3. The van der Waals surface area contributed by atoms with Gasteiger partial charge in [0.25, 0.3) is 5.69 Å². The molecule has 1 N–H and O–H groups in total. The lowest BCUT2D eigenvalue weighted by Crippen LogP contribution is -2.06. The largest absolute Gasteiger partial charge is 0.316 e. The smallest absolute Gasteiger partial charge is 0.271 e. The fraction of sp³-hybridized carbons (Fsp3) is 0.250. The first-order valence-corrected chi connectivity index (χ1v) is 5.56. The molecule has 18 heavy (non-hydrogen) atoms. The number of nitro benzene ring substituents is 1. The minimum absolute atomic E-state index is 0.0672. The lowest BCUT2D eigenvalue weighted by molar-refractivity contribution is -0.384. The highest BCUT2D eigenvalue weighted by Gasteiger charge is 2.11. The average Bonchev–Trinajstić information content (AvgIpc) is 2.72. The molecule has 0 saturated heterocycles. The molecule has 0 aliphatic carbocycles. The number of rotatable bonds is 4. The van der Waals surface area contributed by atoms with E-state index in [9.17, 15) is 10.1 Å². The zero-order chi connectivity index (χ0) is 13.1. The van der Waals surface area contributed by atoms with Crippen LogP contribution in [0.2, 0.25) is 0 Å². The standard InChI is InChI=1S/C12H14N4O2/c1-9-10(7-13-2)8-14-15(9)11-4-3-5-12(6-11)16(17)18/h3-6,8,13H,7H2,1-2H3. The molecule has 94 valence electrons. The van der Waals surface area contributed by atoms with E-state index in [0.717, 1.165) is 17.8 Å². The lowest BCUT2D eigenvalue weighted by Gasteiger charge is -2.05. The fourth-order valence-corrected chi connectivity index (χ4v) is 1.81. The second-order valence-corrected chi connectivity index (χ2v) is 3.97. The molecular weight excluding hydrogens is 232 g/mol. The third-order valence-corrected chi connectivity index (χ3v) is 2.76. The van der Waals surface area contributed by atoms with Crippen LogP contribution in [0.25, 0.3) is 5.69 Å². The maximum Gasteiger partial charge on any atom is 0.271 e. The zero-order valence-electron chi connectivity index (χ0n) is 10.3. The molecule has 1 aromatic heterocycles. The molecule has 1 aromatic carbocycles. The van der Waals surface area contributed by atoms with E-state index in [1.54, 1.807) is 23.0 Å². The Bertz CT molecular complexity index is 577. The average molecular weight is 246 g/mol. The van der Waals surface area contributed by atoms with Crippen molar-refractivity contribution >= 4 is 5.69 Å².